The average molecular weight is 282 g/mol. The molecule has 1 heterocycles. The average Bonchev–Trinajstić information content (AvgIpc) is 2.80. The first-order valence-electron chi connectivity index (χ1n) is 7.02. The van der Waals surface area contributed by atoms with Crippen LogP contribution in [0, 0.1) is 5.92 Å². The normalized spacial score (nSPS) is 23.5. The van der Waals surface area contributed by atoms with E-state index in [9.17, 15) is 4.79 Å². The molecule has 1 aliphatic rings. The van der Waals surface area contributed by atoms with Crippen molar-refractivity contribution >= 4 is 17.7 Å². The van der Waals surface area contributed by atoms with Crippen LogP contribution in [0.4, 0.5) is 0 Å². The second kappa shape index (κ2) is 6.46. The molecule has 0 atom stereocenters. The molecule has 5 heteroatoms. The first kappa shape index (κ1) is 14.4. The number of carboxylic acids is 1. The van der Waals surface area contributed by atoms with Gasteiger partial charge in [0.05, 0.1) is 5.75 Å². The largest absolute Gasteiger partial charge is 0.481 e. The molecule has 1 aromatic rings. The highest BCUT2D eigenvalue weighted by Crippen LogP contribution is 2.35. The number of aryl methyl sites for hydroxylation is 1. The fourth-order valence-electron chi connectivity index (χ4n) is 2.76. The smallest absolute Gasteiger partial charge is 0.313 e. The lowest BCUT2D eigenvalue weighted by Crippen LogP contribution is -2.19. The number of hydrogen-bond acceptors (Lipinski definition) is 3. The predicted molar refractivity (Wildman–Crippen MR) is 76.6 cm³/mol. The number of aliphatic carboxylic acids is 1. The highest BCUT2D eigenvalue weighted by molar-refractivity contribution is 7.99. The molecule has 19 heavy (non-hydrogen) atoms. The molecule has 1 aliphatic carbocycles. The summed E-state index contributed by atoms with van der Waals surface area (Å²) in [7, 11) is 0. The summed E-state index contributed by atoms with van der Waals surface area (Å²) in [5, 5.41) is 9.69. The Balaban J connectivity index is 2.16. The molecular formula is C14H22N2O2S. The summed E-state index contributed by atoms with van der Waals surface area (Å²) in [4.78, 5) is 15.1. The summed E-state index contributed by atoms with van der Waals surface area (Å²) < 4.78 is 2.29. The van der Waals surface area contributed by atoms with Crippen molar-refractivity contribution in [3.63, 3.8) is 0 Å². The predicted octanol–water partition coefficient (Wildman–Crippen LogP) is 3.37. The van der Waals surface area contributed by atoms with E-state index >= 15 is 0 Å². The molecular weight excluding hydrogens is 260 g/mol. The molecule has 1 aromatic heterocycles. The first-order chi connectivity index (χ1) is 9.11. The number of rotatable bonds is 5. The van der Waals surface area contributed by atoms with Crippen molar-refractivity contribution in [2.45, 2.75) is 57.1 Å². The summed E-state index contributed by atoms with van der Waals surface area (Å²) in [5.41, 5.74) is 1.23. The van der Waals surface area contributed by atoms with Gasteiger partial charge in [0.25, 0.3) is 0 Å². The number of nitrogens with zero attached hydrogens (tertiary/aromatic N) is 2. The molecule has 0 bridgehead atoms. The maximum Gasteiger partial charge on any atom is 0.313 e. The molecule has 106 valence electrons. The fourth-order valence-corrected chi connectivity index (χ4v) is 3.55. The van der Waals surface area contributed by atoms with Crippen molar-refractivity contribution in [1.29, 1.82) is 0 Å². The Morgan fingerprint density at radius 1 is 1.47 bits per heavy atom. The highest BCUT2D eigenvalue weighted by atomic mass is 32.2. The zero-order valence-corrected chi connectivity index (χ0v) is 12.4. The van der Waals surface area contributed by atoms with Crippen molar-refractivity contribution in [3.05, 3.63) is 11.9 Å². The van der Waals surface area contributed by atoms with Gasteiger partial charge in [0.1, 0.15) is 0 Å². The summed E-state index contributed by atoms with van der Waals surface area (Å²) in [6, 6.07) is 0.505. The zero-order chi connectivity index (χ0) is 13.8. The number of imidazole rings is 1. The van der Waals surface area contributed by atoms with Gasteiger partial charge in [-0.1, -0.05) is 25.6 Å². The monoisotopic (exact) mass is 282 g/mol. The Labute approximate surface area is 118 Å². The minimum atomic E-state index is -0.783. The second-order valence-electron chi connectivity index (χ2n) is 5.35. The van der Waals surface area contributed by atoms with Gasteiger partial charge in [-0.2, -0.15) is 0 Å². The van der Waals surface area contributed by atoms with Crippen LogP contribution >= 0.6 is 11.8 Å². The Morgan fingerprint density at radius 3 is 2.74 bits per heavy atom. The van der Waals surface area contributed by atoms with Crippen molar-refractivity contribution in [2.24, 2.45) is 5.92 Å². The van der Waals surface area contributed by atoms with E-state index in [2.05, 4.69) is 23.4 Å². The number of thioether (sulfide) groups is 1. The van der Waals surface area contributed by atoms with Crippen molar-refractivity contribution in [3.8, 4) is 0 Å². The van der Waals surface area contributed by atoms with Crippen LogP contribution in [-0.4, -0.2) is 26.4 Å². The van der Waals surface area contributed by atoms with Gasteiger partial charge >= 0.3 is 5.97 Å². The summed E-state index contributed by atoms with van der Waals surface area (Å²) in [6.07, 6.45) is 7.75. The van der Waals surface area contributed by atoms with E-state index in [-0.39, 0.29) is 5.75 Å². The van der Waals surface area contributed by atoms with Gasteiger partial charge in [0.2, 0.25) is 0 Å². The van der Waals surface area contributed by atoms with Crippen LogP contribution in [0.2, 0.25) is 0 Å². The Morgan fingerprint density at radius 2 is 2.16 bits per heavy atom. The molecule has 2 rings (SSSR count). The molecule has 1 N–H and O–H groups in total. The van der Waals surface area contributed by atoms with E-state index in [1.54, 1.807) is 0 Å². The van der Waals surface area contributed by atoms with E-state index < -0.39 is 5.97 Å². The maximum atomic E-state index is 10.7. The van der Waals surface area contributed by atoms with Crippen LogP contribution in [0.1, 0.15) is 51.3 Å². The third-order valence-corrected chi connectivity index (χ3v) is 4.83. The quantitative estimate of drug-likeness (QED) is 0.841. The Kier molecular flexibility index (Phi) is 4.91. The van der Waals surface area contributed by atoms with Gasteiger partial charge in [0.15, 0.2) is 5.16 Å². The third-order valence-electron chi connectivity index (χ3n) is 3.88. The van der Waals surface area contributed by atoms with Gasteiger partial charge < -0.3 is 9.67 Å². The molecule has 0 aromatic carbocycles. The molecule has 0 unspecified atom stereocenters. The lowest BCUT2D eigenvalue weighted by Gasteiger charge is -2.29. The maximum absolute atomic E-state index is 10.7. The zero-order valence-electron chi connectivity index (χ0n) is 11.6. The minimum absolute atomic E-state index is 0.0866. The van der Waals surface area contributed by atoms with Crippen LogP contribution in [0.15, 0.2) is 11.4 Å². The number of carbonyl (C=O) groups is 1. The van der Waals surface area contributed by atoms with E-state index in [1.807, 2.05) is 6.20 Å². The van der Waals surface area contributed by atoms with Crippen LogP contribution in [0.3, 0.4) is 0 Å². The molecule has 1 saturated carbocycles. The lowest BCUT2D eigenvalue weighted by atomic mass is 9.87. The molecule has 0 saturated heterocycles. The van der Waals surface area contributed by atoms with Crippen molar-refractivity contribution in [2.75, 3.05) is 5.75 Å². The van der Waals surface area contributed by atoms with Gasteiger partial charge in [-0.05, 0) is 38.0 Å². The molecule has 4 nitrogen and oxygen atoms in total. The molecule has 0 amide bonds. The summed E-state index contributed by atoms with van der Waals surface area (Å²) in [5.74, 6) is 0.123. The van der Waals surface area contributed by atoms with Crippen LogP contribution in [0.5, 0.6) is 0 Å². The van der Waals surface area contributed by atoms with Crippen LogP contribution in [0.25, 0.3) is 0 Å². The molecule has 1 fully saturated rings. The lowest BCUT2D eigenvalue weighted by molar-refractivity contribution is -0.133. The topological polar surface area (TPSA) is 55.1 Å². The highest BCUT2D eigenvalue weighted by Gasteiger charge is 2.24. The molecule has 0 spiro atoms. The van der Waals surface area contributed by atoms with Gasteiger partial charge in [-0.15, -0.1) is 0 Å². The fraction of sp³-hybridized carbons (Fsp3) is 0.714. The van der Waals surface area contributed by atoms with Crippen LogP contribution in [-0.2, 0) is 11.2 Å². The number of hydrogen-bond donors (Lipinski definition) is 1. The van der Waals surface area contributed by atoms with Crippen molar-refractivity contribution < 1.29 is 9.90 Å². The molecule has 0 aliphatic heterocycles. The van der Waals surface area contributed by atoms with E-state index in [0.29, 0.717) is 6.04 Å². The van der Waals surface area contributed by atoms with E-state index in [4.69, 9.17) is 5.11 Å². The summed E-state index contributed by atoms with van der Waals surface area (Å²) in [6.45, 7) is 4.44. The first-order valence-corrected chi connectivity index (χ1v) is 8.01. The minimum Gasteiger partial charge on any atom is -0.481 e. The van der Waals surface area contributed by atoms with Gasteiger partial charge in [-0.25, -0.2) is 4.98 Å². The Hall–Kier alpha value is -0.970. The van der Waals surface area contributed by atoms with Gasteiger partial charge in [0, 0.05) is 17.9 Å². The van der Waals surface area contributed by atoms with Gasteiger partial charge in [-0.3, -0.25) is 4.79 Å². The van der Waals surface area contributed by atoms with Crippen molar-refractivity contribution in [1.82, 2.24) is 9.55 Å². The van der Waals surface area contributed by atoms with E-state index in [1.165, 1.54) is 43.1 Å². The SMILES string of the molecule is CCc1cnc(SCC(=O)O)n1C1CCC(C)CC1. The molecule has 0 radical (unpaired) electrons. The van der Waals surface area contributed by atoms with E-state index in [0.717, 1.165) is 17.5 Å². The number of aromatic nitrogens is 2. The standard InChI is InChI=1S/C14H22N2O2S/c1-3-11-8-15-14(19-9-13(17)18)16(11)12-6-4-10(2)5-7-12/h8,10,12H,3-7,9H2,1-2H3,(H,17,18). The number of carboxylic acid groups (broad SMARTS) is 1. The Bertz CT molecular complexity index is 437. The summed E-state index contributed by atoms with van der Waals surface area (Å²) >= 11 is 1.34. The second-order valence-corrected chi connectivity index (χ2v) is 6.29. The van der Waals surface area contributed by atoms with Crippen LogP contribution < -0.4 is 0 Å². The third kappa shape index (κ3) is 3.53.